The predicted octanol–water partition coefficient (Wildman–Crippen LogP) is 2.34. The summed E-state index contributed by atoms with van der Waals surface area (Å²) in [7, 11) is 0. The molecular weight excluding hydrogens is 185 g/mol. The number of rotatable bonds is 2. The fourth-order valence-electron chi connectivity index (χ4n) is 1.42. The maximum atomic E-state index is 12.5. The average Bonchev–Trinajstić information content (AvgIpc) is 2.59. The maximum absolute atomic E-state index is 12.5. The molecular formula is C10H8FNO2. The number of carbonyl (C=O) groups is 1. The van der Waals surface area contributed by atoms with Gasteiger partial charge in [-0.15, -0.1) is 0 Å². The van der Waals surface area contributed by atoms with Crippen LogP contribution in [0.3, 0.4) is 0 Å². The van der Waals surface area contributed by atoms with Crippen molar-refractivity contribution in [3.05, 3.63) is 35.5 Å². The first-order valence-electron chi connectivity index (χ1n) is 4.11. The van der Waals surface area contributed by atoms with Gasteiger partial charge in [-0.3, -0.25) is 0 Å². The summed E-state index contributed by atoms with van der Waals surface area (Å²) in [4.78, 5) is 13.5. The molecule has 0 aliphatic carbocycles. The molecule has 1 aromatic heterocycles. The monoisotopic (exact) mass is 193 g/mol. The lowest BCUT2D eigenvalue weighted by Crippen LogP contribution is -1.95. The van der Waals surface area contributed by atoms with E-state index in [0.717, 1.165) is 5.52 Å². The number of nitrogens with one attached hydrogen (secondary N) is 1. The van der Waals surface area contributed by atoms with Crippen LogP contribution in [0, 0.1) is 0 Å². The van der Waals surface area contributed by atoms with E-state index in [1.165, 1.54) is 12.1 Å². The number of alkyl halides is 1. The van der Waals surface area contributed by atoms with E-state index < -0.39 is 12.6 Å². The van der Waals surface area contributed by atoms with Crippen molar-refractivity contribution in [2.24, 2.45) is 0 Å². The summed E-state index contributed by atoms with van der Waals surface area (Å²) in [5, 5.41) is 9.37. The number of aromatic nitrogens is 1. The average molecular weight is 193 g/mol. The van der Waals surface area contributed by atoms with Crippen molar-refractivity contribution in [3.8, 4) is 0 Å². The van der Waals surface area contributed by atoms with Crippen molar-refractivity contribution in [3.63, 3.8) is 0 Å². The number of aromatic amines is 1. The summed E-state index contributed by atoms with van der Waals surface area (Å²) < 4.78 is 12.5. The van der Waals surface area contributed by atoms with Crippen molar-refractivity contribution >= 4 is 16.9 Å². The van der Waals surface area contributed by atoms with Crippen LogP contribution < -0.4 is 0 Å². The highest BCUT2D eigenvalue weighted by Gasteiger charge is 2.07. The molecule has 0 unspecified atom stereocenters. The molecule has 0 aliphatic rings. The number of benzene rings is 1. The van der Waals surface area contributed by atoms with Crippen LogP contribution in [0.4, 0.5) is 4.39 Å². The lowest BCUT2D eigenvalue weighted by atomic mass is 10.1. The Labute approximate surface area is 79.2 Å². The van der Waals surface area contributed by atoms with Crippen LogP contribution in [0.2, 0.25) is 0 Å². The van der Waals surface area contributed by atoms with Gasteiger partial charge in [0.2, 0.25) is 0 Å². The van der Waals surface area contributed by atoms with Crippen LogP contribution in [0.5, 0.6) is 0 Å². The summed E-state index contributed by atoms with van der Waals surface area (Å²) >= 11 is 0. The third kappa shape index (κ3) is 1.25. The minimum Gasteiger partial charge on any atom is -0.478 e. The van der Waals surface area contributed by atoms with Gasteiger partial charge >= 0.3 is 5.97 Å². The van der Waals surface area contributed by atoms with Crippen molar-refractivity contribution in [2.75, 3.05) is 0 Å². The molecule has 2 aromatic rings. The van der Waals surface area contributed by atoms with Gasteiger partial charge in [-0.1, -0.05) is 0 Å². The van der Waals surface area contributed by atoms with Gasteiger partial charge in [0.25, 0.3) is 0 Å². The highest BCUT2D eigenvalue weighted by molar-refractivity contribution is 5.94. The zero-order chi connectivity index (χ0) is 10.1. The van der Waals surface area contributed by atoms with Crippen LogP contribution in [-0.4, -0.2) is 16.1 Å². The Morgan fingerprint density at radius 2 is 2.29 bits per heavy atom. The Kier molecular flexibility index (Phi) is 1.96. The number of halogens is 1. The Morgan fingerprint density at radius 1 is 1.50 bits per heavy atom. The molecule has 0 saturated carbocycles. The molecule has 0 amide bonds. The summed E-state index contributed by atoms with van der Waals surface area (Å²) in [6.45, 7) is -0.594. The molecule has 0 fully saturated rings. The zero-order valence-corrected chi connectivity index (χ0v) is 7.25. The molecule has 0 radical (unpaired) electrons. The van der Waals surface area contributed by atoms with Gasteiger partial charge in [-0.25, -0.2) is 9.18 Å². The normalized spacial score (nSPS) is 10.6. The predicted molar refractivity (Wildman–Crippen MR) is 50.1 cm³/mol. The Morgan fingerprint density at radius 3 is 2.93 bits per heavy atom. The molecule has 14 heavy (non-hydrogen) atoms. The van der Waals surface area contributed by atoms with Crippen LogP contribution in [0.1, 0.15) is 15.9 Å². The second-order valence-corrected chi connectivity index (χ2v) is 3.01. The lowest BCUT2D eigenvalue weighted by molar-refractivity contribution is 0.0697. The molecule has 0 aliphatic heterocycles. The van der Waals surface area contributed by atoms with E-state index in [-0.39, 0.29) is 5.56 Å². The molecule has 0 spiro atoms. The number of aromatic carboxylic acids is 1. The molecule has 0 atom stereocenters. The van der Waals surface area contributed by atoms with E-state index >= 15 is 0 Å². The first-order valence-corrected chi connectivity index (χ1v) is 4.11. The van der Waals surface area contributed by atoms with Gasteiger partial charge < -0.3 is 10.1 Å². The molecule has 1 heterocycles. The molecule has 2 N–H and O–H groups in total. The van der Waals surface area contributed by atoms with Crippen LogP contribution >= 0.6 is 0 Å². The van der Waals surface area contributed by atoms with E-state index in [0.29, 0.717) is 10.9 Å². The molecule has 0 bridgehead atoms. The van der Waals surface area contributed by atoms with E-state index in [2.05, 4.69) is 4.98 Å². The molecule has 4 heteroatoms. The van der Waals surface area contributed by atoms with Gasteiger partial charge in [0.1, 0.15) is 6.67 Å². The van der Waals surface area contributed by atoms with E-state index in [4.69, 9.17) is 5.11 Å². The van der Waals surface area contributed by atoms with Crippen LogP contribution in [0.25, 0.3) is 10.9 Å². The smallest absolute Gasteiger partial charge is 0.335 e. The van der Waals surface area contributed by atoms with Crippen molar-refractivity contribution < 1.29 is 14.3 Å². The third-order valence-corrected chi connectivity index (χ3v) is 2.16. The summed E-state index contributed by atoms with van der Waals surface area (Å²) in [5.41, 5.74) is 1.41. The minimum atomic E-state index is -1.00. The molecule has 72 valence electrons. The topological polar surface area (TPSA) is 53.1 Å². The first-order chi connectivity index (χ1) is 6.72. The van der Waals surface area contributed by atoms with Crippen LogP contribution in [-0.2, 0) is 6.67 Å². The van der Waals surface area contributed by atoms with Gasteiger partial charge in [0, 0.05) is 22.7 Å². The molecule has 3 nitrogen and oxygen atoms in total. The van der Waals surface area contributed by atoms with Gasteiger partial charge in [0.15, 0.2) is 0 Å². The van der Waals surface area contributed by atoms with Crippen molar-refractivity contribution in [1.82, 2.24) is 4.98 Å². The second kappa shape index (κ2) is 3.14. The van der Waals surface area contributed by atoms with E-state index in [1.54, 1.807) is 12.3 Å². The van der Waals surface area contributed by atoms with Gasteiger partial charge in [-0.05, 0) is 18.2 Å². The molecule has 0 saturated heterocycles. The SMILES string of the molecule is O=C(O)c1ccc2[nH]cc(CF)c2c1. The fourth-order valence-corrected chi connectivity index (χ4v) is 1.42. The van der Waals surface area contributed by atoms with Crippen LogP contribution in [0.15, 0.2) is 24.4 Å². The number of carboxylic acids is 1. The quantitative estimate of drug-likeness (QED) is 0.769. The minimum absolute atomic E-state index is 0.173. The second-order valence-electron chi connectivity index (χ2n) is 3.01. The molecule has 2 rings (SSSR count). The Bertz CT molecular complexity index is 490. The van der Waals surface area contributed by atoms with Crippen molar-refractivity contribution in [1.29, 1.82) is 0 Å². The number of fused-ring (bicyclic) bond motifs is 1. The Balaban J connectivity index is 2.67. The summed E-state index contributed by atoms with van der Waals surface area (Å²) in [6, 6.07) is 4.60. The fraction of sp³-hybridized carbons (Fsp3) is 0.100. The third-order valence-electron chi connectivity index (χ3n) is 2.16. The number of H-pyrrole nitrogens is 1. The zero-order valence-electron chi connectivity index (χ0n) is 7.25. The number of hydrogen-bond acceptors (Lipinski definition) is 1. The van der Waals surface area contributed by atoms with E-state index in [9.17, 15) is 9.18 Å². The Hall–Kier alpha value is -1.84. The lowest BCUT2D eigenvalue weighted by Gasteiger charge is -1.95. The summed E-state index contributed by atoms with van der Waals surface area (Å²) in [5.74, 6) is -1.00. The van der Waals surface area contributed by atoms with Crippen molar-refractivity contribution in [2.45, 2.75) is 6.67 Å². The first kappa shape index (κ1) is 8.74. The van der Waals surface area contributed by atoms with Gasteiger partial charge in [0.05, 0.1) is 5.56 Å². The highest BCUT2D eigenvalue weighted by Crippen LogP contribution is 2.20. The van der Waals surface area contributed by atoms with Gasteiger partial charge in [-0.2, -0.15) is 0 Å². The standard InChI is InChI=1S/C10H8FNO2/c11-4-7-5-12-9-2-1-6(10(13)14)3-8(7)9/h1-3,5,12H,4H2,(H,13,14). The summed E-state index contributed by atoms with van der Waals surface area (Å²) in [6.07, 6.45) is 1.55. The maximum Gasteiger partial charge on any atom is 0.335 e. The number of hydrogen-bond donors (Lipinski definition) is 2. The molecule has 1 aromatic carbocycles. The highest BCUT2D eigenvalue weighted by atomic mass is 19.1. The van der Waals surface area contributed by atoms with E-state index in [1.807, 2.05) is 0 Å². The number of carboxylic acid groups (broad SMARTS) is 1. The largest absolute Gasteiger partial charge is 0.478 e.